The quantitative estimate of drug-likeness (QED) is 0.420. The summed E-state index contributed by atoms with van der Waals surface area (Å²) < 4.78 is 4.47. The smallest absolute Gasteiger partial charge is 0.317 e. The molecule has 1 aliphatic rings. The zero-order valence-corrected chi connectivity index (χ0v) is 6.96. The van der Waals surface area contributed by atoms with Crippen LogP contribution in [0.1, 0.15) is 20.8 Å². The molecule has 1 aliphatic heterocycles. The van der Waals surface area contributed by atoms with Crippen LogP contribution >= 0.6 is 0 Å². The molecule has 0 aromatic rings. The van der Waals surface area contributed by atoms with Crippen molar-refractivity contribution in [2.75, 3.05) is 0 Å². The maximum atomic E-state index is 11.0. The van der Waals surface area contributed by atoms with Crippen LogP contribution in [0.2, 0.25) is 0 Å². The molecule has 3 heteroatoms. The molecule has 1 saturated heterocycles. The fourth-order valence-electron chi connectivity index (χ4n) is 1.46. The van der Waals surface area contributed by atoms with E-state index in [-0.39, 0.29) is 29.7 Å². The molecule has 1 heterocycles. The van der Waals surface area contributed by atoms with E-state index >= 15 is 0 Å². The summed E-state index contributed by atoms with van der Waals surface area (Å²) in [6.07, 6.45) is 0. The van der Waals surface area contributed by atoms with Crippen LogP contribution in [-0.2, 0) is 14.3 Å². The van der Waals surface area contributed by atoms with E-state index in [0.717, 1.165) is 0 Å². The summed E-state index contributed by atoms with van der Waals surface area (Å²) in [4.78, 5) is 21.8. The predicted molar refractivity (Wildman–Crippen MR) is 38.6 cm³/mol. The Hall–Kier alpha value is -0.860. The molecule has 1 unspecified atom stereocenters. The lowest BCUT2D eigenvalue weighted by Gasteiger charge is -2.11. The fourth-order valence-corrected chi connectivity index (χ4v) is 1.46. The lowest BCUT2D eigenvalue weighted by Crippen LogP contribution is -2.20. The molecule has 11 heavy (non-hydrogen) atoms. The van der Waals surface area contributed by atoms with Gasteiger partial charge in [0.15, 0.2) is 0 Å². The minimum atomic E-state index is -0.381. The van der Waals surface area contributed by atoms with Crippen molar-refractivity contribution in [1.82, 2.24) is 0 Å². The Morgan fingerprint density at radius 3 is 2.00 bits per heavy atom. The van der Waals surface area contributed by atoms with Gasteiger partial charge < -0.3 is 4.74 Å². The van der Waals surface area contributed by atoms with Crippen molar-refractivity contribution in [3.63, 3.8) is 0 Å². The minimum Gasteiger partial charge on any atom is -0.393 e. The summed E-state index contributed by atoms with van der Waals surface area (Å²) in [5, 5.41) is 0. The number of rotatable bonds is 1. The highest BCUT2D eigenvalue weighted by Crippen LogP contribution is 2.29. The lowest BCUT2D eigenvalue weighted by molar-refractivity contribution is -0.154. The van der Waals surface area contributed by atoms with E-state index < -0.39 is 0 Å². The molecule has 1 rings (SSSR count). The van der Waals surface area contributed by atoms with E-state index in [0.29, 0.717) is 0 Å². The second kappa shape index (κ2) is 2.64. The van der Waals surface area contributed by atoms with Crippen molar-refractivity contribution >= 4 is 11.9 Å². The van der Waals surface area contributed by atoms with Gasteiger partial charge in [-0.25, -0.2) is 0 Å². The van der Waals surface area contributed by atoms with Crippen molar-refractivity contribution in [1.29, 1.82) is 0 Å². The third-order valence-corrected chi connectivity index (χ3v) is 2.10. The number of ether oxygens (including phenoxy) is 1. The van der Waals surface area contributed by atoms with Gasteiger partial charge in [-0.15, -0.1) is 0 Å². The van der Waals surface area contributed by atoms with Gasteiger partial charge in [-0.3, -0.25) is 9.59 Å². The molecule has 3 nitrogen and oxygen atoms in total. The predicted octanol–water partition coefficient (Wildman–Crippen LogP) is 0.978. The molecule has 0 amide bonds. The number of carbonyl (C=O) groups excluding carboxylic acids is 2. The SMILES string of the molecule is CC(C)[C@H]1C(=O)OC(=O)C1C. The molecule has 0 N–H and O–H groups in total. The Labute approximate surface area is 65.7 Å². The minimum absolute atomic E-state index is 0.184. The zero-order chi connectivity index (χ0) is 8.59. The highest BCUT2D eigenvalue weighted by molar-refractivity contribution is 5.96. The molecule has 0 bridgehead atoms. The first-order valence-electron chi connectivity index (χ1n) is 3.79. The molecule has 0 radical (unpaired) electrons. The molecule has 0 spiro atoms. The van der Waals surface area contributed by atoms with Crippen LogP contribution in [0.5, 0.6) is 0 Å². The average molecular weight is 156 g/mol. The third kappa shape index (κ3) is 1.27. The van der Waals surface area contributed by atoms with Gasteiger partial charge in [0.1, 0.15) is 0 Å². The monoisotopic (exact) mass is 156 g/mol. The molecular formula is C8H12O3. The maximum Gasteiger partial charge on any atom is 0.317 e. The molecule has 62 valence electrons. The second-order valence-electron chi connectivity index (χ2n) is 3.30. The van der Waals surface area contributed by atoms with E-state index in [2.05, 4.69) is 4.74 Å². The summed E-state index contributed by atoms with van der Waals surface area (Å²) in [6, 6.07) is 0. The zero-order valence-electron chi connectivity index (χ0n) is 6.96. The number of hydrogen-bond acceptors (Lipinski definition) is 3. The van der Waals surface area contributed by atoms with Crippen LogP contribution < -0.4 is 0 Å². The van der Waals surface area contributed by atoms with Crippen LogP contribution in [-0.4, -0.2) is 11.9 Å². The molecule has 2 atom stereocenters. The molecule has 0 aromatic carbocycles. The van der Waals surface area contributed by atoms with Crippen molar-refractivity contribution in [3.05, 3.63) is 0 Å². The van der Waals surface area contributed by atoms with Crippen LogP contribution in [0.3, 0.4) is 0 Å². The summed E-state index contributed by atoms with van der Waals surface area (Å²) in [6.45, 7) is 5.57. The largest absolute Gasteiger partial charge is 0.393 e. The van der Waals surface area contributed by atoms with Crippen molar-refractivity contribution in [2.45, 2.75) is 20.8 Å². The Bertz CT molecular complexity index is 196. The molecular weight excluding hydrogens is 144 g/mol. The lowest BCUT2D eigenvalue weighted by atomic mass is 9.87. The van der Waals surface area contributed by atoms with Gasteiger partial charge in [0, 0.05) is 0 Å². The van der Waals surface area contributed by atoms with Gasteiger partial charge in [-0.05, 0) is 5.92 Å². The topological polar surface area (TPSA) is 43.4 Å². The van der Waals surface area contributed by atoms with Crippen LogP contribution in [0.4, 0.5) is 0 Å². The summed E-state index contributed by atoms with van der Waals surface area (Å²) in [7, 11) is 0. The molecule has 1 fully saturated rings. The molecule has 0 aromatic heterocycles. The Kier molecular flexibility index (Phi) is 1.98. The number of esters is 2. The summed E-state index contributed by atoms with van der Waals surface area (Å²) in [5.74, 6) is -1.06. The van der Waals surface area contributed by atoms with Gasteiger partial charge >= 0.3 is 11.9 Å². The number of cyclic esters (lactones) is 2. The van der Waals surface area contributed by atoms with E-state index in [9.17, 15) is 9.59 Å². The Balaban J connectivity index is 2.79. The van der Waals surface area contributed by atoms with Gasteiger partial charge in [0.2, 0.25) is 0 Å². The standard InChI is InChI=1S/C8H12O3/c1-4(2)6-5(3)7(9)11-8(6)10/h4-6H,1-3H3/t5?,6-/m1/s1. The maximum absolute atomic E-state index is 11.0. The number of hydrogen-bond donors (Lipinski definition) is 0. The first-order chi connectivity index (χ1) is 5.04. The fraction of sp³-hybridized carbons (Fsp3) is 0.750. The van der Waals surface area contributed by atoms with Crippen molar-refractivity contribution in [3.8, 4) is 0 Å². The van der Waals surface area contributed by atoms with Gasteiger partial charge in [0.05, 0.1) is 11.8 Å². The van der Waals surface area contributed by atoms with E-state index in [1.54, 1.807) is 6.92 Å². The van der Waals surface area contributed by atoms with Crippen LogP contribution in [0, 0.1) is 17.8 Å². The van der Waals surface area contributed by atoms with Gasteiger partial charge in [-0.1, -0.05) is 20.8 Å². The van der Waals surface area contributed by atoms with Crippen LogP contribution in [0.25, 0.3) is 0 Å². The van der Waals surface area contributed by atoms with Crippen LogP contribution in [0.15, 0.2) is 0 Å². The summed E-state index contributed by atoms with van der Waals surface area (Å²) >= 11 is 0. The summed E-state index contributed by atoms with van der Waals surface area (Å²) in [5.41, 5.74) is 0. The molecule has 0 saturated carbocycles. The van der Waals surface area contributed by atoms with Gasteiger partial charge in [-0.2, -0.15) is 0 Å². The Morgan fingerprint density at radius 1 is 1.27 bits per heavy atom. The first-order valence-corrected chi connectivity index (χ1v) is 3.79. The normalized spacial score (nSPS) is 31.3. The highest BCUT2D eigenvalue weighted by Gasteiger charge is 2.42. The number of carbonyl (C=O) groups is 2. The van der Waals surface area contributed by atoms with Gasteiger partial charge in [0.25, 0.3) is 0 Å². The molecule has 0 aliphatic carbocycles. The highest BCUT2D eigenvalue weighted by atomic mass is 16.6. The first kappa shape index (κ1) is 8.24. The second-order valence-corrected chi connectivity index (χ2v) is 3.30. The van der Waals surface area contributed by atoms with E-state index in [1.165, 1.54) is 0 Å². The third-order valence-electron chi connectivity index (χ3n) is 2.10. The Morgan fingerprint density at radius 2 is 1.82 bits per heavy atom. The van der Waals surface area contributed by atoms with E-state index in [4.69, 9.17) is 0 Å². The average Bonchev–Trinajstić information content (AvgIpc) is 2.07. The van der Waals surface area contributed by atoms with Crippen molar-refractivity contribution < 1.29 is 14.3 Å². The van der Waals surface area contributed by atoms with Crippen molar-refractivity contribution in [2.24, 2.45) is 17.8 Å². The van der Waals surface area contributed by atoms with E-state index in [1.807, 2.05) is 13.8 Å².